The molecule has 1 aliphatic heterocycles. The van der Waals surface area contributed by atoms with E-state index < -0.39 is 48.5 Å². The van der Waals surface area contributed by atoms with Crippen LogP contribution in [0, 0.1) is 5.92 Å². The number of aliphatic carboxylic acids is 1. The van der Waals surface area contributed by atoms with Crippen molar-refractivity contribution in [3.05, 3.63) is 35.9 Å². The van der Waals surface area contributed by atoms with Crippen LogP contribution in [0.5, 0.6) is 0 Å². The van der Waals surface area contributed by atoms with Crippen molar-refractivity contribution in [3.8, 4) is 0 Å². The lowest BCUT2D eigenvalue weighted by Gasteiger charge is -2.26. The summed E-state index contributed by atoms with van der Waals surface area (Å²) >= 11 is 0. The predicted octanol–water partition coefficient (Wildman–Crippen LogP) is 1.25. The molecular formula is C28H42N4O7. The first kappa shape index (κ1) is 31.7. The Kier molecular flexibility index (Phi) is 13.4. The Balaban J connectivity index is 2.00. The van der Waals surface area contributed by atoms with Crippen molar-refractivity contribution in [1.29, 1.82) is 0 Å². The van der Waals surface area contributed by atoms with Gasteiger partial charge in [-0.05, 0) is 56.7 Å². The second-order valence-electron chi connectivity index (χ2n) is 10.4. The first-order valence-corrected chi connectivity index (χ1v) is 13.6. The predicted molar refractivity (Wildman–Crippen MR) is 145 cm³/mol. The first-order chi connectivity index (χ1) is 18.5. The van der Waals surface area contributed by atoms with Crippen molar-refractivity contribution >= 4 is 29.7 Å². The molecule has 3 atom stereocenters. The SMILES string of the molecule is CC(=O)N[C@@H](CCc1ccccc1)C(=O)N[C@@H](CC(C)C)C(=O)N[C@@H](COC(=O)CN1CCCCC1)C(=O)O. The molecule has 1 heterocycles. The van der Waals surface area contributed by atoms with E-state index in [9.17, 15) is 29.1 Å². The number of carboxylic acid groups (broad SMARTS) is 1. The average Bonchev–Trinajstić information content (AvgIpc) is 2.88. The number of nitrogens with one attached hydrogen (secondary N) is 3. The maximum absolute atomic E-state index is 13.1. The molecular weight excluding hydrogens is 504 g/mol. The smallest absolute Gasteiger partial charge is 0.329 e. The van der Waals surface area contributed by atoms with Gasteiger partial charge in [-0.25, -0.2) is 4.79 Å². The largest absolute Gasteiger partial charge is 0.480 e. The Bertz CT molecular complexity index is 964. The van der Waals surface area contributed by atoms with E-state index in [1.165, 1.54) is 6.92 Å². The van der Waals surface area contributed by atoms with Crippen LogP contribution in [-0.4, -0.2) is 84.0 Å². The third-order valence-corrected chi connectivity index (χ3v) is 6.43. The van der Waals surface area contributed by atoms with Gasteiger partial charge < -0.3 is 25.8 Å². The Morgan fingerprint density at radius 2 is 1.51 bits per heavy atom. The Labute approximate surface area is 230 Å². The molecule has 0 saturated carbocycles. The maximum atomic E-state index is 13.1. The molecule has 11 heteroatoms. The fraction of sp³-hybridized carbons (Fsp3) is 0.607. The van der Waals surface area contributed by atoms with E-state index in [1.807, 2.05) is 49.1 Å². The number of ether oxygens (including phenoxy) is 1. The van der Waals surface area contributed by atoms with Crippen molar-refractivity contribution in [2.24, 2.45) is 5.92 Å². The number of piperidine rings is 1. The molecule has 0 bridgehead atoms. The Morgan fingerprint density at radius 3 is 2.10 bits per heavy atom. The summed E-state index contributed by atoms with van der Waals surface area (Å²) < 4.78 is 5.16. The van der Waals surface area contributed by atoms with Crippen molar-refractivity contribution in [3.63, 3.8) is 0 Å². The third kappa shape index (κ3) is 12.3. The van der Waals surface area contributed by atoms with Crippen molar-refractivity contribution in [2.75, 3.05) is 26.2 Å². The molecule has 1 aliphatic rings. The number of esters is 1. The standard InChI is InChI=1S/C28H42N4O7/c1-19(2)16-23(30-26(35)22(29-20(3)33)13-12-21-10-6-4-7-11-21)27(36)31-24(28(37)38)18-39-25(34)17-32-14-8-5-9-15-32/h4,6-7,10-11,19,22-24H,5,8-9,12-18H2,1-3H3,(H,29,33)(H,30,35)(H,31,36)(H,37,38)/t22-,23-,24-/m0/s1. The highest BCUT2D eigenvalue weighted by Crippen LogP contribution is 2.10. The molecule has 0 aliphatic carbocycles. The lowest BCUT2D eigenvalue weighted by molar-refractivity contribution is -0.151. The minimum Gasteiger partial charge on any atom is -0.480 e. The number of hydrogen-bond acceptors (Lipinski definition) is 7. The Hall–Kier alpha value is -3.47. The lowest BCUT2D eigenvalue weighted by atomic mass is 10.0. The normalized spacial score (nSPS) is 16.0. The zero-order valence-electron chi connectivity index (χ0n) is 23.1. The van der Waals surface area contributed by atoms with E-state index in [4.69, 9.17) is 4.74 Å². The second kappa shape index (κ2) is 16.5. The zero-order chi connectivity index (χ0) is 28.8. The number of nitrogens with zero attached hydrogens (tertiary/aromatic N) is 1. The van der Waals surface area contributed by atoms with Crippen molar-refractivity contribution in [2.45, 2.75) is 77.4 Å². The summed E-state index contributed by atoms with van der Waals surface area (Å²) in [5.41, 5.74) is 0.997. The highest BCUT2D eigenvalue weighted by Gasteiger charge is 2.30. The van der Waals surface area contributed by atoms with Gasteiger partial charge >= 0.3 is 11.9 Å². The van der Waals surface area contributed by atoms with Gasteiger partial charge in [0, 0.05) is 6.92 Å². The topological polar surface area (TPSA) is 154 Å². The van der Waals surface area contributed by atoms with E-state index in [-0.39, 0.29) is 24.8 Å². The van der Waals surface area contributed by atoms with Gasteiger partial charge in [0.15, 0.2) is 6.04 Å². The number of carbonyl (C=O) groups is 5. The summed E-state index contributed by atoms with van der Waals surface area (Å²) in [7, 11) is 0. The van der Waals surface area contributed by atoms with Crippen LogP contribution in [-0.2, 0) is 35.1 Å². The zero-order valence-corrected chi connectivity index (χ0v) is 23.1. The molecule has 1 saturated heterocycles. The summed E-state index contributed by atoms with van der Waals surface area (Å²) in [6.45, 7) is 6.16. The molecule has 39 heavy (non-hydrogen) atoms. The van der Waals surface area contributed by atoms with Crippen LogP contribution >= 0.6 is 0 Å². The van der Waals surface area contributed by atoms with Gasteiger partial charge in [0.05, 0.1) is 6.54 Å². The van der Waals surface area contributed by atoms with Crippen molar-refractivity contribution < 1.29 is 33.8 Å². The molecule has 1 fully saturated rings. The molecule has 0 spiro atoms. The van der Waals surface area contributed by atoms with Gasteiger partial charge in [-0.3, -0.25) is 24.1 Å². The molecule has 4 N–H and O–H groups in total. The molecule has 11 nitrogen and oxygen atoms in total. The Morgan fingerprint density at radius 1 is 0.897 bits per heavy atom. The van der Waals surface area contributed by atoms with Crippen molar-refractivity contribution in [1.82, 2.24) is 20.9 Å². The van der Waals surface area contributed by atoms with Gasteiger partial charge in [0.25, 0.3) is 0 Å². The quantitative estimate of drug-likeness (QED) is 0.240. The number of aryl methyl sites for hydroxylation is 1. The molecule has 3 amide bonds. The third-order valence-electron chi connectivity index (χ3n) is 6.43. The number of likely N-dealkylation sites (tertiary alicyclic amines) is 1. The highest BCUT2D eigenvalue weighted by atomic mass is 16.5. The first-order valence-electron chi connectivity index (χ1n) is 13.6. The van der Waals surface area contributed by atoms with Gasteiger partial charge in [-0.15, -0.1) is 0 Å². The van der Waals surface area contributed by atoms with Crippen LogP contribution in [0.2, 0.25) is 0 Å². The van der Waals surface area contributed by atoms with Gasteiger partial charge in [0.1, 0.15) is 18.7 Å². The van der Waals surface area contributed by atoms with E-state index in [0.717, 1.165) is 37.9 Å². The van der Waals surface area contributed by atoms with Gasteiger partial charge in [-0.2, -0.15) is 0 Å². The molecule has 1 aromatic rings. The molecule has 0 unspecified atom stereocenters. The van der Waals surface area contributed by atoms with Crippen LogP contribution < -0.4 is 16.0 Å². The minimum atomic E-state index is -1.47. The molecule has 216 valence electrons. The van der Waals surface area contributed by atoms with Gasteiger partial charge in [-0.1, -0.05) is 50.6 Å². The van der Waals surface area contributed by atoms with Crippen LogP contribution in [0.25, 0.3) is 0 Å². The number of rotatable bonds is 15. The van der Waals surface area contributed by atoms with Crippen LogP contribution in [0.4, 0.5) is 0 Å². The number of carboxylic acids is 1. The fourth-order valence-corrected chi connectivity index (χ4v) is 4.41. The number of hydrogen-bond donors (Lipinski definition) is 4. The van der Waals surface area contributed by atoms with E-state index in [1.54, 1.807) is 0 Å². The fourth-order valence-electron chi connectivity index (χ4n) is 4.41. The average molecular weight is 547 g/mol. The summed E-state index contributed by atoms with van der Waals surface area (Å²) in [5, 5.41) is 17.3. The van der Waals surface area contributed by atoms with Crippen LogP contribution in [0.3, 0.4) is 0 Å². The second-order valence-corrected chi connectivity index (χ2v) is 10.4. The highest BCUT2D eigenvalue weighted by molar-refractivity contribution is 5.93. The molecule has 0 aromatic heterocycles. The molecule has 1 aromatic carbocycles. The van der Waals surface area contributed by atoms with E-state index in [2.05, 4.69) is 16.0 Å². The van der Waals surface area contributed by atoms with Crippen LogP contribution in [0.1, 0.15) is 58.4 Å². The summed E-state index contributed by atoms with van der Waals surface area (Å²) in [5.74, 6) is -3.55. The summed E-state index contributed by atoms with van der Waals surface area (Å²) in [6, 6.07) is 6.10. The number of amides is 3. The number of carbonyl (C=O) groups excluding carboxylic acids is 4. The number of benzene rings is 1. The maximum Gasteiger partial charge on any atom is 0.329 e. The molecule has 0 radical (unpaired) electrons. The summed E-state index contributed by atoms with van der Waals surface area (Å²) in [6.07, 6.45) is 4.20. The van der Waals surface area contributed by atoms with Gasteiger partial charge in [0.2, 0.25) is 17.7 Å². The lowest BCUT2D eigenvalue weighted by Crippen LogP contribution is -2.56. The van der Waals surface area contributed by atoms with E-state index in [0.29, 0.717) is 12.8 Å². The minimum absolute atomic E-state index is 0.00441. The molecule has 2 rings (SSSR count). The monoisotopic (exact) mass is 546 g/mol. The summed E-state index contributed by atoms with van der Waals surface area (Å²) in [4.78, 5) is 63.9. The van der Waals surface area contributed by atoms with E-state index >= 15 is 0 Å². The van der Waals surface area contributed by atoms with Crippen LogP contribution in [0.15, 0.2) is 30.3 Å².